The molecule has 0 radical (unpaired) electrons. The third-order valence-electron chi connectivity index (χ3n) is 1.95. The van der Waals surface area contributed by atoms with Crippen molar-refractivity contribution in [2.75, 3.05) is 0 Å². The van der Waals surface area contributed by atoms with Crippen molar-refractivity contribution >= 4 is 6.03 Å². The molecule has 2 amide bonds. The minimum atomic E-state index is -0.0862. The molecule has 0 spiro atoms. The van der Waals surface area contributed by atoms with Crippen LogP contribution < -0.4 is 10.6 Å². The van der Waals surface area contributed by atoms with E-state index in [9.17, 15) is 4.79 Å². The van der Waals surface area contributed by atoms with Crippen molar-refractivity contribution < 1.29 is 4.79 Å². The second kappa shape index (κ2) is 1.12. The second-order valence-corrected chi connectivity index (χ2v) is 2.72. The molecule has 1 heterocycles. The number of rotatable bonds is 0. The lowest BCUT2D eigenvalue weighted by molar-refractivity contribution is 0.246. The fourth-order valence-electron chi connectivity index (χ4n) is 1.22. The number of urea groups is 1. The maximum Gasteiger partial charge on any atom is 0.316 e. The van der Waals surface area contributed by atoms with Gasteiger partial charge in [0, 0.05) is 0 Å². The van der Waals surface area contributed by atoms with E-state index in [1.165, 1.54) is 0 Å². The van der Waals surface area contributed by atoms with Crippen LogP contribution in [-0.4, -0.2) is 17.6 Å². The number of fused-ring (bicyclic) bond motifs is 1. The number of carbonyl (C=O) groups is 1. The molecular weight excluding hydrogens is 116 g/mol. The van der Waals surface area contributed by atoms with E-state index in [1.54, 1.807) is 0 Å². The zero-order chi connectivity index (χ0) is 6.48. The van der Waals surface area contributed by atoms with Crippen molar-refractivity contribution in [2.24, 2.45) is 0 Å². The molecule has 2 unspecified atom stereocenters. The van der Waals surface area contributed by atoms with Crippen molar-refractivity contribution in [3.8, 4) is 0 Å². The third-order valence-corrected chi connectivity index (χ3v) is 1.95. The van der Waals surface area contributed by atoms with E-state index in [1.807, 2.05) is 19.1 Å². The fraction of sp³-hybridized carbons (Fsp3) is 0.500. The third kappa shape index (κ3) is 0.439. The van der Waals surface area contributed by atoms with Crippen LogP contribution >= 0.6 is 0 Å². The molecule has 1 aliphatic carbocycles. The summed E-state index contributed by atoms with van der Waals surface area (Å²) < 4.78 is 0. The predicted octanol–water partition coefficient (Wildman–Crippen LogP) is -0.00370. The molecule has 2 aliphatic rings. The Hall–Kier alpha value is -0.990. The van der Waals surface area contributed by atoms with E-state index in [4.69, 9.17) is 0 Å². The summed E-state index contributed by atoms with van der Waals surface area (Å²) in [5, 5.41) is 5.55. The summed E-state index contributed by atoms with van der Waals surface area (Å²) in [6.45, 7) is 2.00. The molecule has 0 aromatic heterocycles. The summed E-state index contributed by atoms with van der Waals surface area (Å²) in [6, 6.07) is 0.164. The van der Waals surface area contributed by atoms with Gasteiger partial charge in [0.1, 0.15) is 0 Å². The highest BCUT2D eigenvalue weighted by molar-refractivity contribution is 5.80. The second-order valence-electron chi connectivity index (χ2n) is 2.72. The number of nitrogens with one attached hydrogen (secondary N) is 2. The summed E-state index contributed by atoms with van der Waals surface area (Å²) >= 11 is 0. The quantitative estimate of drug-likeness (QED) is 0.438. The Morgan fingerprint density at radius 1 is 1.78 bits per heavy atom. The molecule has 1 saturated heterocycles. The number of hydrogen-bond donors (Lipinski definition) is 2. The van der Waals surface area contributed by atoms with Crippen LogP contribution in [0.25, 0.3) is 0 Å². The van der Waals surface area contributed by atoms with Crippen LogP contribution in [0.3, 0.4) is 0 Å². The summed E-state index contributed by atoms with van der Waals surface area (Å²) in [5.41, 5.74) is -0.0862. The molecular formula is C6H8N2O. The highest BCUT2D eigenvalue weighted by Crippen LogP contribution is 2.26. The van der Waals surface area contributed by atoms with Crippen LogP contribution in [0.1, 0.15) is 6.92 Å². The van der Waals surface area contributed by atoms with E-state index in [2.05, 4.69) is 10.6 Å². The molecule has 3 nitrogen and oxygen atoms in total. The van der Waals surface area contributed by atoms with E-state index in [0.717, 1.165) is 0 Å². The SMILES string of the molecule is CC12C=CC1NC(=O)N2. The fourth-order valence-corrected chi connectivity index (χ4v) is 1.22. The predicted molar refractivity (Wildman–Crippen MR) is 33.0 cm³/mol. The molecule has 0 aromatic carbocycles. The van der Waals surface area contributed by atoms with Gasteiger partial charge in [0.05, 0.1) is 11.6 Å². The van der Waals surface area contributed by atoms with Crippen molar-refractivity contribution in [3.63, 3.8) is 0 Å². The van der Waals surface area contributed by atoms with Gasteiger partial charge >= 0.3 is 6.03 Å². The van der Waals surface area contributed by atoms with Gasteiger partial charge in [-0.05, 0) is 6.92 Å². The topological polar surface area (TPSA) is 41.1 Å². The van der Waals surface area contributed by atoms with Gasteiger partial charge in [-0.2, -0.15) is 0 Å². The van der Waals surface area contributed by atoms with Gasteiger partial charge in [-0.1, -0.05) is 12.2 Å². The molecule has 9 heavy (non-hydrogen) atoms. The monoisotopic (exact) mass is 124 g/mol. The molecule has 0 saturated carbocycles. The first-order valence-electron chi connectivity index (χ1n) is 2.99. The molecule has 0 bridgehead atoms. The Labute approximate surface area is 53.1 Å². The minimum absolute atomic E-state index is 0.0625. The highest BCUT2D eigenvalue weighted by atomic mass is 16.2. The lowest BCUT2D eigenvalue weighted by Crippen LogP contribution is -2.49. The summed E-state index contributed by atoms with van der Waals surface area (Å²) in [6.07, 6.45) is 3.98. The number of amides is 2. The van der Waals surface area contributed by atoms with Crippen molar-refractivity contribution in [1.82, 2.24) is 10.6 Å². The first-order valence-corrected chi connectivity index (χ1v) is 2.99. The first-order chi connectivity index (χ1) is 4.21. The lowest BCUT2D eigenvalue weighted by Gasteiger charge is -2.31. The summed E-state index contributed by atoms with van der Waals surface area (Å²) in [5.74, 6) is 0. The van der Waals surface area contributed by atoms with Crippen LogP contribution in [0.15, 0.2) is 12.2 Å². The zero-order valence-electron chi connectivity index (χ0n) is 5.14. The van der Waals surface area contributed by atoms with Crippen LogP contribution in [0.4, 0.5) is 4.79 Å². The largest absolute Gasteiger partial charge is 0.329 e. The molecule has 3 heteroatoms. The molecule has 0 aromatic rings. The lowest BCUT2D eigenvalue weighted by atomic mass is 9.84. The Morgan fingerprint density at radius 3 is 2.78 bits per heavy atom. The highest BCUT2D eigenvalue weighted by Gasteiger charge is 2.44. The van der Waals surface area contributed by atoms with Crippen LogP contribution in [0.2, 0.25) is 0 Å². The van der Waals surface area contributed by atoms with Gasteiger partial charge in [-0.15, -0.1) is 0 Å². The van der Waals surface area contributed by atoms with Gasteiger partial charge in [0.25, 0.3) is 0 Å². The molecule has 48 valence electrons. The summed E-state index contributed by atoms with van der Waals surface area (Å²) in [4.78, 5) is 10.6. The van der Waals surface area contributed by atoms with Crippen LogP contribution in [-0.2, 0) is 0 Å². The van der Waals surface area contributed by atoms with Crippen LogP contribution in [0.5, 0.6) is 0 Å². The zero-order valence-corrected chi connectivity index (χ0v) is 5.14. The molecule has 1 fully saturated rings. The standard InChI is InChI=1S/C6H8N2O/c1-6-3-2-4(6)7-5(9)8-6/h2-4H,1H3,(H2,7,8,9). The van der Waals surface area contributed by atoms with E-state index in [0.29, 0.717) is 0 Å². The Kier molecular flexibility index (Phi) is 0.605. The Morgan fingerprint density at radius 2 is 2.56 bits per heavy atom. The maximum atomic E-state index is 10.6. The van der Waals surface area contributed by atoms with E-state index < -0.39 is 0 Å². The van der Waals surface area contributed by atoms with Gasteiger partial charge in [-0.25, -0.2) is 4.79 Å². The van der Waals surface area contributed by atoms with Crippen LogP contribution in [0, 0.1) is 0 Å². The maximum absolute atomic E-state index is 10.6. The molecule has 2 rings (SSSR count). The molecule has 2 atom stereocenters. The van der Waals surface area contributed by atoms with Gasteiger partial charge < -0.3 is 10.6 Å². The normalized spacial score (nSPS) is 45.0. The van der Waals surface area contributed by atoms with Gasteiger partial charge in [0.15, 0.2) is 0 Å². The Bertz CT molecular complexity index is 199. The van der Waals surface area contributed by atoms with E-state index in [-0.39, 0.29) is 17.6 Å². The van der Waals surface area contributed by atoms with Crippen molar-refractivity contribution in [2.45, 2.75) is 18.5 Å². The average molecular weight is 124 g/mol. The molecule has 2 N–H and O–H groups in total. The summed E-state index contributed by atoms with van der Waals surface area (Å²) in [7, 11) is 0. The number of hydrogen-bond acceptors (Lipinski definition) is 1. The molecule has 1 aliphatic heterocycles. The smallest absolute Gasteiger partial charge is 0.316 e. The van der Waals surface area contributed by atoms with Crippen molar-refractivity contribution in [1.29, 1.82) is 0 Å². The Balaban J connectivity index is 2.30. The van der Waals surface area contributed by atoms with Gasteiger partial charge in [-0.3, -0.25) is 0 Å². The average Bonchev–Trinajstić information content (AvgIpc) is 1.94. The van der Waals surface area contributed by atoms with E-state index >= 15 is 0 Å². The van der Waals surface area contributed by atoms with Crippen molar-refractivity contribution in [3.05, 3.63) is 12.2 Å². The number of carbonyl (C=O) groups excluding carboxylic acids is 1. The first kappa shape index (κ1) is 4.85. The van der Waals surface area contributed by atoms with Gasteiger partial charge in [0.2, 0.25) is 0 Å². The minimum Gasteiger partial charge on any atom is -0.329 e.